The van der Waals surface area contributed by atoms with Gasteiger partial charge in [0.2, 0.25) is 5.91 Å². The number of aryl methyl sites for hydroxylation is 2. The first kappa shape index (κ1) is 26.0. The molecule has 34 heavy (non-hydrogen) atoms. The molecule has 0 aliphatic rings. The Balaban J connectivity index is 1.77. The second-order valence-electron chi connectivity index (χ2n) is 9.38. The highest BCUT2D eigenvalue weighted by molar-refractivity contribution is 8.00. The van der Waals surface area contributed by atoms with E-state index in [1.807, 2.05) is 52.1 Å². The molecule has 0 spiro atoms. The lowest BCUT2D eigenvalue weighted by atomic mass is 10.0. The predicted molar refractivity (Wildman–Crippen MR) is 141 cm³/mol. The molecule has 184 valence electrons. The quantitative estimate of drug-likeness (QED) is 0.222. The first-order chi connectivity index (χ1) is 16.2. The molecule has 0 saturated heterocycles. The minimum absolute atomic E-state index is 0.0400. The van der Waals surface area contributed by atoms with Crippen molar-refractivity contribution in [3.05, 3.63) is 46.0 Å². The van der Waals surface area contributed by atoms with Gasteiger partial charge in [-0.2, -0.15) is 5.10 Å². The van der Waals surface area contributed by atoms with E-state index in [1.165, 1.54) is 31.0 Å². The minimum Gasteiger partial charge on any atom is -0.322 e. The summed E-state index contributed by atoms with van der Waals surface area (Å²) in [5, 5.41) is 8.16. The van der Waals surface area contributed by atoms with Gasteiger partial charge in [0.15, 0.2) is 5.16 Å². The maximum atomic E-state index is 13.3. The molecule has 0 aliphatic carbocycles. The summed E-state index contributed by atoms with van der Waals surface area (Å²) < 4.78 is 3.51. The van der Waals surface area contributed by atoms with Gasteiger partial charge in [0, 0.05) is 13.6 Å². The van der Waals surface area contributed by atoms with Crippen molar-refractivity contribution >= 4 is 34.3 Å². The van der Waals surface area contributed by atoms with Crippen molar-refractivity contribution in [2.75, 3.05) is 5.32 Å². The molecule has 2 heterocycles. The van der Waals surface area contributed by atoms with E-state index in [2.05, 4.69) is 24.3 Å². The largest absolute Gasteiger partial charge is 0.322 e. The number of amides is 1. The Bertz CT molecular complexity index is 1200. The molecule has 1 amide bonds. The van der Waals surface area contributed by atoms with Gasteiger partial charge in [-0.3, -0.25) is 18.8 Å². The molecular weight excluding hydrogens is 446 g/mol. The van der Waals surface area contributed by atoms with Crippen LogP contribution in [0.4, 0.5) is 5.69 Å². The number of hydrogen-bond acceptors (Lipinski definition) is 5. The van der Waals surface area contributed by atoms with Crippen LogP contribution in [0.1, 0.15) is 64.3 Å². The van der Waals surface area contributed by atoms with Gasteiger partial charge in [-0.1, -0.05) is 63.4 Å². The zero-order valence-corrected chi connectivity index (χ0v) is 22.0. The van der Waals surface area contributed by atoms with E-state index in [9.17, 15) is 9.59 Å². The van der Waals surface area contributed by atoms with Gasteiger partial charge >= 0.3 is 0 Å². The number of para-hydroxylation sites is 1. The second-order valence-corrected chi connectivity index (χ2v) is 10.7. The first-order valence-corrected chi connectivity index (χ1v) is 13.0. The molecule has 8 heteroatoms. The van der Waals surface area contributed by atoms with Crippen LogP contribution in [0.25, 0.3) is 10.9 Å². The van der Waals surface area contributed by atoms with Crippen molar-refractivity contribution in [1.29, 1.82) is 0 Å². The smallest absolute Gasteiger partial charge is 0.262 e. The lowest BCUT2D eigenvalue weighted by Gasteiger charge is -2.16. The summed E-state index contributed by atoms with van der Waals surface area (Å²) in [5.74, 6) is 0.592. The SMILES string of the molecule is Cc1nn(C)c(C)c1NC(=O)C(C)Sc1nc2ccccc2c(=O)n1CCCCCCC(C)C. The Morgan fingerprint density at radius 2 is 1.79 bits per heavy atom. The van der Waals surface area contributed by atoms with Crippen LogP contribution in [0, 0.1) is 19.8 Å². The number of unbranched alkanes of at least 4 members (excludes halogenated alkanes) is 3. The van der Waals surface area contributed by atoms with Crippen LogP contribution in [-0.2, 0) is 18.4 Å². The molecule has 0 bridgehead atoms. The van der Waals surface area contributed by atoms with E-state index in [-0.39, 0.29) is 11.5 Å². The van der Waals surface area contributed by atoms with E-state index < -0.39 is 5.25 Å². The number of nitrogens with one attached hydrogen (secondary N) is 1. The van der Waals surface area contributed by atoms with Gasteiger partial charge in [0.25, 0.3) is 5.56 Å². The van der Waals surface area contributed by atoms with Crippen LogP contribution < -0.4 is 10.9 Å². The summed E-state index contributed by atoms with van der Waals surface area (Å²) in [6.45, 7) is 10.8. The first-order valence-electron chi connectivity index (χ1n) is 12.2. The van der Waals surface area contributed by atoms with Gasteiger partial charge in [-0.05, 0) is 45.2 Å². The number of nitrogens with zero attached hydrogens (tertiary/aromatic N) is 4. The Labute approximate surface area is 206 Å². The third-order valence-corrected chi connectivity index (χ3v) is 7.24. The summed E-state index contributed by atoms with van der Waals surface area (Å²) in [4.78, 5) is 31.1. The number of hydrogen-bond donors (Lipinski definition) is 1. The monoisotopic (exact) mass is 483 g/mol. The highest BCUT2D eigenvalue weighted by atomic mass is 32.2. The molecule has 1 unspecified atom stereocenters. The topological polar surface area (TPSA) is 81.8 Å². The minimum atomic E-state index is -0.427. The Morgan fingerprint density at radius 3 is 2.47 bits per heavy atom. The zero-order chi connectivity index (χ0) is 24.8. The number of thioether (sulfide) groups is 1. The van der Waals surface area contributed by atoms with Crippen LogP contribution in [-0.4, -0.2) is 30.5 Å². The molecule has 0 fully saturated rings. The maximum absolute atomic E-state index is 13.3. The van der Waals surface area contributed by atoms with E-state index in [0.29, 0.717) is 22.6 Å². The highest BCUT2D eigenvalue weighted by Crippen LogP contribution is 2.26. The van der Waals surface area contributed by atoms with Crippen LogP contribution in [0.2, 0.25) is 0 Å². The summed E-state index contributed by atoms with van der Waals surface area (Å²) in [6, 6.07) is 7.42. The lowest BCUT2D eigenvalue weighted by molar-refractivity contribution is -0.115. The van der Waals surface area contributed by atoms with Gasteiger partial charge in [-0.15, -0.1) is 0 Å². The molecule has 1 atom stereocenters. The molecule has 0 aliphatic heterocycles. The molecule has 1 aromatic carbocycles. The predicted octanol–water partition coefficient (Wildman–Crippen LogP) is 5.47. The van der Waals surface area contributed by atoms with Gasteiger partial charge in [0.1, 0.15) is 0 Å². The molecule has 2 aromatic heterocycles. The van der Waals surface area contributed by atoms with Crippen molar-refractivity contribution in [1.82, 2.24) is 19.3 Å². The maximum Gasteiger partial charge on any atom is 0.262 e. The fourth-order valence-corrected chi connectivity index (χ4v) is 4.94. The lowest BCUT2D eigenvalue weighted by Crippen LogP contribution is -2.27. The third-order valence-electron chi connectivity index (χ3n) is 6.15. The number of fused-ring (bicyclic) bond motifs is 1. The number of anilines is 1. The van der Waals surface area contributed by atoms with Crippen molar-refractivity contribution in [3.8, 4) is 0 Å². The number of aromatic nitrogens is 4. The molecule has 7 nitrogen and oxygen atoms in total. The fourth-order valence-electron chi connectivity index (χ4n) is 4.00. The summed E-state index contributed by atoms with van der Waals surface area (Å²) in [7, 11) is 1.86. The van der Waals surface area contributed by atoms with Crippen molar-refractivity contribution < 1.29 is 4.79 Å². The van der Waals surface area contributed by atoms with E-state index >= 15 is 0 Å². The van der Waals surface area contributed by atoms with Gasteiger partial charge in [-0.25, -0.2) is 4.98 Å². The van der Waals surface area contributed by atoms with Crippen LogP contribution in [0.3, 0.4) is 0 Å². The Morgan fingerprint density at radius 1 is 1.09 bits per heavy atom. The van der Waals surface area contributed by atoms with E-state index in [0.717, 1.165) is 35.8 Å². The molecule has 3 rings (SSSR count). The number of carbonyl (C=O) groups excluding carboxylic acids is 1. The second kappa shape index (κ2) is 11.7. The molecule has 0 saturated carbocycles. The normalized spacial score (nSPS) is 12.4. The van der Waals surface area contributed by atoms with Crippen LogP contribution >= 0.6 is 11.8 Å². The third kappa shape index (κ3) is 6.29. The van der Waals surface area contributed by atoms with E-state index in [1.54, 1.807) is 9.25 Å². The molecule has 0 radical (unpaired) electrons. The average molecular weight is 484 g/mol. The summed E-state index contributed by atoms with van der Waals surface area (Å²) >= 11 is 1.33. The standard InChI is InChI=1S/C26H37N5O2S/c1-17(2)13-9-7-8-12-16-31-25(33)21-14-10-11-15-22(21)27-26(31)34-20(5)24(32)28-23-18(3)29-30(6)19(23)4/h10-11,14-15,17,20H,7-9,12-13,16H2,1-6H3,(H,28,32). The van der Waals surface area contributed by atoms with Gasteiger partial charge < -0.3 is 5.32 Å². The fraction of sp³-hybridized carbons (Fsp3) is 0.538. The van der Waals surface area contributed by atoms with Crippen molar-refractivity contribution in [3.63, 3.8) is 0 Å². The molecule has 1 N–H and O–H groups in total. The van der Waals surface area contributed by atoms with Gasteiger partial charge in [0.05, 0.1) is 33.2 Å². The van der Waals surface area contributed by atoms with Crippen molar-refractivity contribution in [2.24, 2.45) is 13.0 Å². The number of rotatable bonds is 11. The summed E-state index contributed by atoms with van der Waals surface area (Å²) in [5.41, 5.74) is 3.05. The highest BCUT2D eigenvalue weighted by Gasteiger charge is 2.21. The number of benzene rings is 1. The Kier molecular flexibility index (Phi) is 8.94. The van der Waals surface area contributed by atoms with Crippen LogP contribution in [0.15, 0.2) is 34.2 Å². The molecule has 3 aromatic rings. The zero-order valence-electron chi connectivity index (χ0n) is 21.2. The van der Waals surface area contributed by atoms with Crippen molar-refractivity contribution in [2.45, 2.75) is 83.7 Å². The van der Waals surface area contributed by atoms with E-state index in [4.69, 9.17) is 4.98 Å². The summed E-state index contributed by atoms with van der Waals surface area (Å²) in [6.07, 6.45) is 5.61. The Hall–Kier alpha value is -2.61. The number of carbonyl (C=O) groups is 1. The molecular formula is C26H37N5O2S. The van der Waals surface area contributed by atoms with Crippen LogP contribution in [0.5, 0.6) is 0 Å². The average Bonchev–Trinajstić information content (AvgIpc) is 3.03.